The van der Waals surface area contributed by atoms with Crippen LogP contribution in [0.15, 0.2) is 46.2 Å². The van der Waals surface area contributed by atoms with Crippen molar-refractivity contribution in [2.45, 2.75) is 36.6 Å². The molecule has 0 aromatic heterocycles. The average molecular weight is 275 g/mol. The Morgan fingerprint density at radius 3 is 2.37 bits per heavy atom. The van der Waals surface area contributed by atoms with Crippen LogP contribution in [0.25, 0.3) is 0 Å². The molecule has 2 aromatic carbocycles. The molecule has 0 radical (unpaired) electrons. The summed E-state index contributed by atoms with van der Waals surface area (Å²) in [6.45, 7) is 5.99. The lowest BCUT2D eigenvalue weighted by atomic mass is 10.1. The van der Waals surface area contributed by atoms with Gasteiger partial charge in [0, 0.05) is 15.8 Å². The molecule has 0 fully saturated rings. The average Bonchev–Trinajstić information content (AvgIpc) is 2.36. The third-order valence-corrected chi connectivity index (χ3v) is 4.23. The van der Waals surface area contributed by atoms with E-state index in [0.29, 0.717) is 4.90 Å². The molecular formula is C16H18FNS. The van der Waals surface area contributed by atoms with E-state index < -0.39 is 0 Å². The molecule has 100 valence electrons. The van der Waals surface area contributed by atoms with E-state index in [9.17, 15) is 4.39 Å². The van der Waals surface area contributed by atoms with Crippen LogP contribution in [0.1, 0.15) is 29.7 Å². The summed E-state index contributed by atoms with van der Waals surface area (Å²) in [6, 6.07) is 11.2. The molecule has 2 N–H and O–H groups in total. The second-order valence-corrected chi connectivity index (χ2v) is 5.94. The Kier molecular flexibility index (Phi) is 4.27. The molecule has 2 rings (SSSR count). The molecule has 1 atom stereocenters. The minimum absolute atomic E-state index is 0.143. The molecular weight excluding hydrogens is 257 g/mol. The summed E-state index contributed by atoms with van der Waals surface area (Å²) in [6.07, 6.45) is 0. The highest BCUT2D eigenvalue weighted by Crippen LogP contribution is 2.31. The Labute approximate surface area is 118 Å². The zero-order chi connectivity index (χ0) is 14.0. The predicted molar refractivity (Wildman–Crippen MR) is 79.0 cm³/mol. The van der Waals surface area contributed by atoms with Crippen molar-refractivity contribution in [2.75, 3.05) is 0 Å². The Morgan fingerprint density at radius 1 is 1.05 bits per heavy atom. The standard InChI is InChI=1S/C16H18FNS/c1-10-4-6-14(8-11(10)2)19-16-7-5-13(12(3)18)9-15(16)17/h4-9,12H,18H2,1-3H3/t12-/m1/s1. The van der Waals surface area contributed by atoms with Crippen LogP contribution < -0.4 is 5.73 Å². The third kappa shape index (κ3) is 3.37. The van der Waals surface area contributed by atoms with Gasteiger partial charge in [0.05, 0.1) is 0 Å². The van der Waals surface area contributed by atoms with Crippen LogP contribution in [-0.2, 0) is 0 Å². The molecule has 19 heavy (non-hydrogen) atoms. The molecule has 3 heteroatoms. The van der Waals surface area contributed by atoms with E-state index in [1.807, 2.05) is 19.1 Å². The Balaban J connectivity index is 2.25. The van der Waals surface area contributed by atoms with E-state index >= 15 is 0 Å². The lowest BCUT2D eigenvalue weighted by molar-refractivity contribution is 0.596. The van der Waals surface area contributed by atoms with Crippen molar-refractivity contribution in [2.24, 2.45) is 5.73 Å². The summed E-state index contributed by atoms with van der Waals surface area (Å²) < 4.78 is 14.0. The van der Waals surface area contributed by atoms with Gasteiger partial charge >= 0.3 is 0 Å². The maximum Gasteiger partial charge on any atom is 0.137 e. The van der Waals surface area contributed by atoms with Gasteiger partial charge in [-0.3, -0.25) is 0 Å². The lowest BCUT2D eigenvalue weighted by Crippen LogP contribution is -2.05. The zero-order valence-electron chi connectivity index (χ0n) is 11.4. The molecule has 0 aliphatic rings. The largest absolute Gasteiger partial charge is 0.324 e. The quantitative estimate of drug-likeness (QED) is 0.885. The number of benzene rings is 2. The molecule has 0 unspecified atom stereocenters. The fourth-order valence-corrected chi connectivity index (χ4v) is 2.71. The van der Waals surface area contributed by atoms with Crippen LogP contribution in [0, 0.1) is 19.7 Å². The molecule has 0 aliphatic carbocycles. The van der Waals surface area contributed by atoms with E-state index in [4.69, 9.17) is 5.73 Å². The molecule has 0 heterocycles. The van der Waals surface area contributed by atoms with Crippen LogP contribution in [0.4, 0.5) is 4.39 Å². The molecule has 0 aliphatic heterocycles. The maximum atomic E-state index is 14.0. The molecule has 0 amide bonds. The topological polar surface area (TPSA) is 26.0 Å². The second kappa shape index (κ2) is 5.76. The number of halogens is 1. The highest BCUT2D eigenvalue weighted by atomic mass is 32.2. The number of hydrogen-bond acceptors (Lipinski definition) is 2. The molecule has 0 saturated heterocycles. The normalized spacial score (nSPS) is 12.5. The van der Waals surface area contributed by atoms with Gasteiger partial charge < -0.3 is 5.73 Å². The summed E-state index contributed by atoms with van der Waals surface area (Å²) >= 11 is 1.44. The van der Waals surface area contributed by atoms with Gasteiger partial charge in [-0.15, -0.1) is 0 Å². The van der Waals surface area contributed by atoms with Gasteiger partial charge in [-0.05, 0) is 61.7 Å². The van der Waals surface area contributed by atoms with Gasteiger partial charge in [0.2, 0.25) is 0 Å². The van der Waals surface area contributed by atoms with Crippen LogP contribution in [0.2, 0.25) is 0 Å². The van der Waals surface area contributed by atoms with E-state index in [2.05, 4.69) is 26.0 Å². The Morgan fingerprint density at radius 2 is 1.79 bits per heavy atom. The van der Waals surface area contributed by atoms with Crippen molar-refractivity contribution >= 4 is 11.8 Å². The fraction of sp³-hybridized carbons (Fsp3) is 0.250. The van der Waals surface area contributed by atoms with Gasteiger partial charge in [-0.2, -0.15) is 0 Å². The van der Waals surface area contributed by atoms with Crippen LogP contribution >= 0.6 is 11.8 Å². The minimum atomic E-state index is -0.210. The highest BCUT2D eigenvalue weighted by molar-refractivity contribution is 7.99. The molecule has 0 saturated carbocycles. The van der Waals surface area contributed by atoms with Gasteiger partial charge in [0.1, 0.15) is 5.82 Å². The molecule has 1 nitrogen and oxygen atoms in total. The fourth-order valence-electron chi connectivity index (χ4n) is 1.79. The van der Waals surface area contributed by atoms with Crippen LogP contribution in [0.5, 0.6) is 0 Å². The van der Waals surface area contributed by atoms with Crippen LogP contribution in [0.3, 0.4) is 0 Å². The maximum absolute atomic E-state index is 14.0. The minimum Gasteiger partial charge on any atom is -0.324 e. The number of hydrogen-bond donors (Lipinski definition) is 1. The van der Waals surface area contributed by atoms with Gasteiger partial charge in [-0.1, -0.05) is 23.9 Å². The predicted octanol–water partition coefficient (Wildman–Crippen LogP) is 4.61. The highest BCUT2D eigenvalue weighted by Gasteiger charge is 2.08. The van der Waals surface area contributed by atoms with Crippen molar-refractivity contribution in [3.63, 3.8) is 0 Å². The first-order valence-corrected chi connectivity index (χ1v) is 7.09. The first kappa shape index (κ1) is 14.1. The first-order valence-electron chi connectivity index (χ1n) is 6.27. The smallest absolute Gasteiger partial charge is 0.137 e. The van der Waals surface area contributed by atoms with E-state index in [1.165, 1.54) is 29.0 Å². The molecule has 2 aromatic rings. The van der Waals surface area contributed by atoms with Crippen molar-refractivity contribution in [1.82, 2.24) is 0 Å². The summed E-state index contributed by atoms with van der Waals surface area (Å²) in [4.78, 5) is 1.68. The SMILES string of the molecule is Cc1ccc(Sc2ccc([C@@H](C)N)cc2F)cc1C. The van der Waals surface area contributed by atoms with Crippen molar-refractivity contribution in [3.05, 3.63) is 58.9 Å². The van der Waals surface area contributed by atoms with Crippen LogP contribution in [-0.4, -0.2) is 0 Å². The number of aryl methyl sites for hydroxylation is 2. The van der Waals surface area contributed by atoms with Crippen molar-refractivity contribution < 1.29 is 4.39 Å². The Hall–Kier alpha value is -1.32. The monoisotopic (exact) mass is 275 g/mol. The Bertz CT molecular complexity index is 593. The lowest BCUT2D eigenvalue weighted by Gasteiger charge is -2.09. The summed E-state index contributed by atoms with van der Waals surface area (Å²) in [5.41, 5.74) is 9.04. The number of nitrogens with two attached hydrogens (primary N) is 1. The van der Waals surface area contributed by atoms with Gasteiger partial charge in [0.25, 0.3) is 0 Å². The first-order chi connectivity index (χ1) is 8.97. The van der Waals surface area contributed by atoms with E-state index in [-0.39, 0.29) is 11.9 Å². The van der Waals surface area contributed by atoms with E-state index in [1.54, 1.807) is 6.07 Å². The van der Waals surface area contributed by atoms with Crippen molar-refractivity contribution in [3.8, 4) is 0 Å². The summed E-state index contributed by atoms with van der Waals surface area (Å²) in [7, 11) is 0. The second-order valence-electron chi connectivity index (χ2n) is 4.83. The molecule has 0 bridgehead atoms. The summed E-state index contributed by atoms with van der Waals surface area (Å²) in [5, 5.41) is 0. The summed E-state index contributed by atoms with van der Waals surface area (Å²) in [5.74, 6) is -0.210. The van der Waals surface area contributed by atoms with Crippen molar-refractivity contribution in [1.29, 1.82) is 0 Å². The van der Waals surface area contributed by atoms with Gasteiger partial charge in [0.15, 0.2) is 0 Å². The third-order valence-electron chi connectivity index (χ3n) is 3.19. The number of rotatable bonds is 3. The van der Waals surface area contributed by atoms with E-state index in [0.717, 1.165) is 10.5 Å². The zero-order valence-corrected chi connectivity index (χ0v) is 12.2. The molecule has 0 spiro atoms. The van der Waals surface area contributed by atoms with Gasteiger partial charge in [-0.25, -0.2) is 4.39 Å².